The van der Waals surface area contributed by atoms with Crippen molar-refractivity contribution in [3.05, 3.63) is 69.2 Å². The summed E-state index contributed by atoms with van der Waals surface area (Å²) in [6.45, 7) is 5.44. The summed E-state index contributed by atoms with van der Waals surface area (Å²) in [5.74, 6) is -1.49. The van der Waals surface area contributed by atoms with Gasteiger partial charge < -0.3 is 4.90 Å². The maximum absolute atomic E-state index is 13.5. The molecule has 162 valence electrons. The van der Waals surface area contributed by atoms with Crippen LogP contribution in [0.15, 0.2) is 48.5 Å². The average Bonchev–Trinajstić information content (AvgIpc) is 3.02. The Hall–Kier alpha value is -3.26. The van der Waals surface area contributed by atoms with Crippen molar-refractivity contribution in [1.29, 1.82) is 0 Å². The summed E-state index contributed by atoms with van der Waals surface area (Å²) in [6.07, 6.45) is 0.330. The molecule has 1 aliphatic rings. The van der Waals surface area contributed by atoms with E-state index < -0.39 is 39.9 Å². The zero-order chi connectivity index (χ0) is 22.9. The van der Waals surface area contributed by atoms with Crippen molar-refractivity contribution in [2.45, 2.75) is 45.2 Å². The molecule has 1 saturated heterocycles. The van der Waals surface area contributed by atoms with Crippen molar-refractivity contribution in [3.8, 4) is 0 Å². The molecule has 9 heteroatoms. The summed E-state index contributed by atoms with van der Waals surface area (Å²) in [7, 11) is 0. The van der Waals surface area contributed by atoms with E-state index in [1.807, 2.05) is 6.92 Å². The molecule has 0 spiro atoms. The smallest absolute Gasteiger partial charge is 0.288 e. The summed E-state index contributed by atoms with van der Waals surface area (Å²) in [5.41, 5.74) is -0.736. The number of nitro groups is 1. The highest BCUT2D eigenvalue weighted by Gasteiger charge is 2.48. The summed E-state index contributed by atoms with van der Waals surface area (Å²) in [6, 6.07) is 11.2. The summed E-state index contributed by atoms with van der Waals surface area (Å²) in [5, 5.41) is 11.2. The minimum Gasteiger partial charge on any atom is -0.321 e. The lowest BCUT2D eigenvalue weighted by Gasteiger charge is -2.41. The third-order valence-electron chi connectivity index (χ3n) is 5.57. The summed E-state index contributed by atoms with van der Waals surface area (Å²) in [4.78, 5) is 52.5. The molecule has 0 aliphatic carbocycles. The average molecular weight is 444 g/mol. The normalized spacial score (nSPS) is 16.5. The van der Waals surface area contributed by atoms with Gasteiger partial charge in [0.2, 0.25) is 5.91 Å². The van der Waals surface area contributed by atoms with Crippen molar-refractivity contribution in [2.24, 2.45) is 0 Å². The van der Waals surface area contributed by atoms with Crippen molar-refractivity contribution in [2.75, 3.05) is 4.90 Å². The van der Waals surface area contributed by atoms with Crippen LogP contribution in [0.2, 0.25) is 5.02 Å². The van der Waals surface area contributed by atoms with Crippen molar-refractivity contribution in [3.63, 3.8) is 0 Å². The Morgan fingerprint density at radius 1 is 1.23 bits per heavy atom. The van der Waals surface area contributed by atoms with Gasteiger partial charge in [-0.1, -0.05) is 36.7 Å². The second-order valence-corrected chi connectivity index (χ2v) is 8.29. The molecule has 0 radical (unpaired) electrons. The van der Waals surface area contributed by atoms with Crippen molar-refractivity contribution >= 4 is 40.7 Å². The number of benzene rings is 2. The minimum absolute atomic E-state index is 0.0241. The maximum atomic E-state index is 13.5. The van der Waals surface area contributed by atoms with E-state index in [9.17, 15) is 24.5 Å². The van der Waals surface area contributed by atoms with Gasteiger partial charge >= 0.3 is 0 Å². The third-order valence-corrected chi connectivity index (χ3v) is 5.89. The van der Waals surface area contributed by atoms with Crippen LogP contribution in [0.5, 0.6) is 0 Å². The summed E-state index contributed by atoms with van der Waals surface area (Å²) >= 11 is 5.88. The maximum Gasteiger partial charge on any atom is 0.288 e. The number of carbonyl (C=O) groups is 3. The van der Waals surface area contributed by atoms with E-state index >= 15 is 0 Å². The molecule has 1 fully saturated rings. The van der Waals surface area contributed by atoms with Gasteiger partial charge in [0.25, 0.3) is 17.5 Å². The van der Waals surface area contributed by atoms with Gasteiger partial charge in [-0.15, -0.1) is 0 Å². The number of nitrogens with zero attached hydrogens (tertiary/aromatic N) is 3. The highest BCUT2D eigenvalue weighted by molar-refractivity contribution is 6.32. The van der Waals surface area contributed by atoms with Gasteiger partial charge in [0.1, 0.15) is 11.1 Å². The van der Waals surface area contributed by atoms with E-state index in [-0.39, 0.29) is 17.0 Å². The first-order chi connectivity index (χ1) is 14.6. The molecule has 0 bridgehead atoms. The molecule has 0 N–H and O–H groups in total. The fraction of sp³-hybridized carbons (Fsp3) is 0.318. The van der Waals surface area contributed by atoms with Crippen molar-refractivity contribution < 1.29 is 19.3 Å². The van der Waals surface area contributed by atoms with E-state index in [0.717, 1.165) is 11.0 Å². The molecule has 1 atom stereocenters. The van der Waals surface area contributed by atoms with E-state index in [4.69, 9.17) is 11.6 Å². The Kier molecular flexibility index (Phi) is 6.13. The monoisotopic (exact) mass is 443 g/mol. The van der Waals surface area contributed by atoms with Crippen LogP contribution in [0.25, 0.3) is 0 Å². The molecule has 0 aromatic heterocycles. The molecule has 3 rings (SSSR count). The number of carbonyl (C=O) groups excluding carboxylic acids is 3. The number of amides is 3. The van der Waals surface area contributed by atoms with Crippen LogP contribution >= 0.6 is 11.6 Å². The lowest BCUT2D eigenvalue weighted by molar-refractivity contribution is -0.384. The number of para-hydroxylation sites is 1. The first-order valence-electron chi connectivity index (χ1n) is 9.78. The standard InChI is InChI=1S/C22H22ClN3O5/c1-4-22(2,3)25(20(28)14-10-11-16(23)17(12-14)26(30)31)18-13-19(27)24(21(18)29)15-8-6-5-7-9-15/h5-12,18H,4,13H2,1-3H3. The predicted molar refractivity (Wildman–Crippen MR) is 116 cm³/mol. The van der Waals surface area contributed by atoms with E-state index in [1.165, 1.54) is 17.0 Å². The quantitative estimate of drug-likeness (QED) is 0.378. The summed E-state index contributed by atoms with van der Waals surface area (Å²) < 4.78 is 0. The zero-order valence-corrected chi connectivity index (χ0v) is 18.1. The fourth-order valence-corrected chi connectivity index (χ4v) is 3.79. The highest BCUT2D eigenvalue weighted by Crippen LogP contribution is 2.33. The van der Waals surface area contributed by atoms with Gasteiger partial charge in [-0.25, -0.2) is 4.90 Å². The van der Waals surface area contributed by atoms with Crippen LogP contribution in [-0.2, 0) is 9.59 Å². The number of nitro benzene ring substituents is 1. The van der Waals surface area contributed by atoms with Gasteiger partial charge in [0.05, 0.1) is 17.0 Å². The Morgan fingerprint density at radius 3 is 2.45 bits per heavy atom. The van der Waals surface area contributed by atoms with Gasteiger partial charge in [-0.05, 0) is 44.5 Å². The topological polar surface area (TPSA) is 101 Å². The SMILES string of the molecule is CCC(C)(C)N(C(=O)c1ccc(Cl)c([N+](=O)[O-])c1)C1CC(=O)N(c2ccccc2)C1=O. The van der Waals surface area contributed by atoms with E-state index in [0.29, 0.717) is 12.1 Å². The van der Waals surface area contributed by atoms with E-state index in [1.54, 1.807) is 44.2 Å². The molecule has 2 aromatic rings. The second kappa shape index (κ2) is 8.47. The van der Waals surface area contributed by atoms with Gasteiger partial charge in [0.15, 0.2) is 0 Å². The van der Waals surface area contributed by atoms with Gasteiger partial charge in [-0.3, -0.25) is 24.5 Å². The molecule has 0 saturated carbocycles. The van der Waals surface area contributed by atoms with Gasteiger partial charge in [-0.2, -0.15) is 0 Å². The number of rotatable bonds is 6. The molecule has 8 nitrogen and oxygen atoms in total. The predicted octanol–water partition coefficient (Wildman–Crippen LogP) is 4.21. The van der Waals surface area contributed by atoms with Gasteiger partial charge in [0, 0.05) is 17.2 Å². The van der Waals surface area contributed by atoms with Crippen LogP contribution in [0.1, 0.15) is 44.0 Å². The number of hydrogen-bond acceptors (Lipinski definition) is 5. The molecule has 1 unspecified atom stereocenters. The van der Waals surface area contributed by atoms with Crippen LogP contribution < -0.4 is 4.90 Å². The van der Waals surface area contributed by atoms with E-state index in [2.05, 4.69) is 0 Å². The Labute approximate surface area is 184 Å². The van der Waals surface area contributed by atoms with Crippen LogP contribution in [0, 0.1) is 10.1 Å². The Bertz CT molecular complexity index is 1050. The number of hydrogen-bond donors (Lipinski definition) is 0. The fourth-order valence-electron chi connectivity index (χ4n) is 3.60. The van der Waals surface area contributed by atoms with Crippen LogP contribution in [0.4, 0.5) is 11.4 Å². The Morgan fingerprint density at radius 2 is 1.87 bits per heavy atom. The first kappa shape index (κ1) is 22.4. The lowest BCUT2D eigenvalue weighted by atomic mass is 9.94. The second-order valence-electron chi connectivity index (χ2n) is 7.89. The highest BCUT2D eigenvalue weighted by atomic mass is 35.5. The molecule has 1 aliphatic heterocycles. The molecular formula is C22H22ClN3O5. The zero-order valence-electron chi connectivity index (χ0n) is 17.4. The Balaban J connectivity index is 2.04. The first-order valence-corrected chi connectivity index (χ1v) is 10.2. The number of anilines is 1. The number of halogens is 1. The third kappa shape index (κ3) is 4.16. The van der Waals surface area contributed by atoms with Crippen LogP contribution in [0.3, 0.4) is 0 Å². The molecule has 31 heavy (non-hydrogen) atoms. The number of imide groups is 1. The van der Waals surface area contributed by atoms with Crippen molar-refractivity contribution in [1.82, 2.24) is 4.90 Å². The molecule has 3 amide bonds. The largest absolute Gasteiger partial charge is 0.321 e. The van der Waals surface area contributed by atoms with Crippen LogP contribution in [-0.4, -0.2) is 39.1 Å². The minimum atomic E-state index is -1.02. The molecule has 2 aromatic carbocycles. The molecule has 1 heterocycles. The molecular weight excluding hydrogens is 422 g/mol. The lowest BCUT2D eigenvalue weighted by Crippen LogP contribution is -2.55.